The number of nitrogens with zero attached hydrogens (tertiary/aromatic N) is 1. The van der Waals surface area contributed by atoms with E-state index in [2.05, 4.69) is 5.32 Å². The number of hydrogen-bond acceptors (Lipinski definition) is 7. The molecule has 10 heteroatoms. The number of piperidine rings is 1. The highest BCUT2D eigenvalue weighted by atomic mass is 32.2. The lowest BCUT2D eigenvalue weighted by molar-refractivity contribution is -0.120. The molecular weight excluding hydrogens is 436 g/mol. The van der Waals surface area contributed by atoms with Gasteiger partial charge in [-0.25, -0.2) is 13.2 Å². The van der Waals surface area contributed by atoms with Crippen molar-refractivity contribution in [1.82, 2.24) is 4.31 Å². The van der Waals surface area contributed by atoms with E-state index in [0.29, 0.717) is 24.3 Å². The second kappa shape index (κ2) is 10.0. The minimum absolute atomic E-state index is 0.00885. The molecule has 1 N–H and O–H groups in total. The van der Waals surface area contributed by atoms with Gasteiger partial charge in [0.2, 0.25) is 15.9 Å². The van der Waals surface area contributed by atoms with Gasteiger partial charge in [-0.2, -0.15) is 4.31 Å². The smallest absolute Gasteiger partial charge is 0.339 e. The van der Waals surface area contributed by atoms with Gasteiger partial charge in [0, 0.05) is 19.2 Å². The number of sulfonamides is 1. The summed E-state index contributed by atoms with van der Waals surface area (Å²) in [6, 6.07) is 11.1. The number of carbonyl (C=O) groups is 2. The molecule has 1 heterocycles. The van der Waals surface area contributed by atoms with Crippen molar-refractivity contribution in [2.24, 2.45) is 5.92 Å². The van der Waals surface area contributed by atoms with E-state index in [0.717, 1.165) is 0 Å². The standard InChI is InChI=1S/C22H26N2O7S/c1-29-16-10-11-19(30-2)20(13-16)32(27,28)24-12-6-7-15(14-24)21(25)23-18-9-5-4-8-17(18)22(26)31-3/h4-5,8-11,13,15H,6-7,12,14H2,1-3H3,(H,23,25)/t15-/m1/s1. The summed E-state index contributed by atoms with van der Waals surface area (Å²) in [6.45, 7) is 0.292. The minimum Gasteiger partial charge on any atom is -0.497 e. The summed E-state index contributed by atoms with van der Waals surface area (Å²) in [7, 11) is 0.178. The molecule has 1 saturated heterocycles. The van der Waals surface area contributed by atoms with Gasteiger partial charge in [0.15, 0.2) is 0 Å². The fourth-order valence-electron chi connectivity index (χ4n) is 3.61. The third-order valence-electron chi connectivity index (χ3n) is 5.33. The van der Waals surface area contributed by atoms with Gasteiger partial charge < -0.3 is 19.5 Å². The van der Waals surface area contributed by atoms with Crippen molar-refractivity contribution in [2.45, 2.75) is 17.7 Å². The number of rotatable bonds is 7. The maximum absolute atomic E-state index is 13.3. The molecule has 1 aliphatic rings. The third-order valence-corrected chi connectivity index (χ3v) is 7.22. The highest BCUT2D eigenvalue weighted by Gasteiger charge is 2.35. The number of nitrogens with one attached hydrogen (secondary N) is 1. The van der Waals surface area contributed by atoms with Crippen molar-refractivity contribution in [3.8, 4) is 11.5 Å². The number of amides is 1. The van der Waals surface area contributed by atoms with Crippen LogP contribution in [0.3, 0.4) is 0 Å². The predicted octanol–water partition coefficient (Wildman–Crippen LogP) is 2.53. The molecule has 1 fully saturated rings. The van der Waals surface area contributed by atoms with Gasteiger partial charge in [-0.1, -0.05) is 12.1 Å². The van der Waals surface area contributed by atoms with Crippen LogP contribution < -0.4 is 14.8 Å². The molecule has 2 aromatic carbocycles. The number of hydrogen-bond donors (Lipinski definition) is 1. The Hall–Kier alpha value is -3.11. The highest BCUT2D eigenvalue weighted by Crippen LogP contribution is 2.33. The minimum atomic E-state index is -3.93. The molecule has 32 heavy (non-hydrogen) atoms. The largest absolute Gasteiger partial charge is 0.497 e. The number of esters is 1. The second-order valence-corrected chi connectivity index (χ2v) is 9.15. The Bertz CT molecular complexity index is 1100. The molecule has 0 aromatic heterocycles. The van der Waals surface area contributed by atoms with E-state index >= 15 is 0 Å². The van der Waals surface area contributed by atoms with E-state index in [9.17, 15) is 18.0 Å². The Kier molecular flexibility index (Phi) is 7.37. The molecule has 0 radical (unpaired) electrons. The molecule has 0 saturated carbocycles. The average molecular weight is 463 g/mol. The number of carbonyl (C=O) groups excluding carboxylic acids is 2. The summed E-state index contributed by atoms with van der Waals surface area (Å²) in [5.74, 6) is -0.932. The molecule has 9 nitrogen and oxygen atoms in total. The third kappa shape index (κ3) is 4.86. The quantitative estimate of drug-likeness (QED) is 0.630. The Morgan fingerprint density at radius 1 is 1.06 bits per heavy atom. The summed E-state index contributed by atoms with van der Waals surface area (Å²) in [4.78, 5) is 24.9. The zero-order chi connectivity index (χ0) is 23.3. The Labute approximate surface area is 187 Å². The zero-order valence-corrected chi connectivity index (χ0v) is 19.0. The zero-order valence-electron chi connectivity index (χ0n) is 18.2. The van der Waals surface area contributed by atoms with Crippen molar-refractivity contribution in [1.29, 1.82) is 0 Å². The van der Waals surface area contributed by atoms with Crippen molar-refractivity contribution < 1.29 is 32.2 Å². The van der Waals surface area contributed by atoms with Crippen LogP contribution in [0.2, 0.25) is 0 Å². The Morgan fingerprint density at radius 3 is 2.50 bits per heavy atom. The van der Waals surface area contributed by atoms with Crippen LogP contribution in [0.1, 0.15) is 23.2 Å². The van der Waals surface area contributed by atoms with Crippen LogP contribution in [-0.2, 0) is 19.6 Å². The van der Waals surface area contributed by atoms with Gasteiger partial charge >= 0.3 is 5.97 Å². The summed E-state index contributed by atoms with van der Waals surface area (Å²) in [5, 5.41) is 2.74. The number of ether oxygens (including phenoxy) is 3. The van der Waals surface area contributed by atoms with Gasteiger partial charge in [0.05, 0.1) is 38.5 Å². The lowest BCUT2D eigenvalue weighted by Gasteiger charge is -2.31. The molecule has 1 atom stereocenters. The van der Waals surface area contributed by atoms with E-state index in [1.54, 1.807) is 30.3 Å². The Balaban J connectivity index is 1.81. The van der Waals surface area contributed by atoms with E-state index in [4.69, 9.17) is 14.2 Å². The van der Waals surface area contributed by atoms with E-state index in [-0.39, 0.29) is 35.2 Å². The summed E-state index contributed by atoms with van der Waals surface area (Å²) in [6.07, 6.45) is 1.04. The topological polar surface area (TPSA) is 111 Å². The number of benzene rings is 2. The second-order valence-electron chi connectivity index (χ2n) is 7.25. The maximum Gasteiger partial charge on any atom is 0.339 e. The van der Waals surface area contributed by atoms with Crippen LogP contribution in [-0.4, -0.2) is 59.0 Å². The van der Waals surface area contributed by atoms with Gasteiger partial charge in [0.1, 0.15) is 16.4 Å². The van der Waals surface area contributed by atoms with Gasteiger partial charge in [0.25, 0.3) is 0 Å². The molecule has 1 aliphatic heterocycles. The molecule has 0 aliphatic carbocycles. The fourth-order valence-corrected chi connectivity index (χ4v) is 5.31. The Morgan fingerprint density at radius 2 is 1.81 bits per heavy atom. The van der Waals surface area contributed by atoms with Gasteiger partial charge in [-0.3, -0.25) is 4.79 Å². The summed E-state index contributed by atoms with van der Waals surface area (Å²) >= 11 is 0. The van der Waals surface area contributed by atoms with Crippen LogP contribution in [0.5, 0.6) is 11.5 Å². The molecule has 1 amide bonds. The maximum atomic E-state index is 13.3. The van der Waals surface area contributed by atoms with Crippen molar-refractivity contribution in [2.75, 3.05) is 39.7 Å². The van der Waals surface area contributed by atoms with Crippen LogP contribution in [0.4, 0.5) is 5.69 Å². The van der Waals surface area contributed by atoms with Crippen LogP contribution in [0.15, 0.2) is 47.4 Å². The predicted molar refractivity (Wildman–Crippen MR) is 117 cm³/mol. The first-order chi connectivity index (χ1) is 15.3. The average Bonchev–Trinajstić information content (AvgIpc) is 2.83. The monoisotopic (exact) mass is 462 g/mol. The van der Waals surface area contributed by atoms with Crippen molar-refractivity contribution in [3.63, 3.8) is 0 Å². The SMILES string of the molecule is COC(=O)c1ccccc1NC(=O)[C@@H]1CCCN(S(=O)(=O)c2cc(OC)ccc2OC)C1. The molecule has 0 spiro atoms. The molecule has 0 unspecified atom stereocenters. The van der Waals surface area contributed by atoms with Crippen LogP contribution in [0, 0.1) is 5.92 Å². The number of anilines is 1. The molecule has 3 rings (SSSR count). The number of para-hydroxylation sites is 1. The molecule has 2 aromatic rings. The lowest BCUT2D eigenvalue weighted by Crippen LogP contribution is -2.43. The van der Waals surface area contributed by atoms with E-state index in [1.165, 1.54) is 37.8 Å². The normalized spacial score (nSPS) is 16.8. The van der Waals surface area contributed by atoms with Crippen LogP contribution in [0.25, 0.3) is 0 Å². The van der Waals surface area contributed by atoms with E-state index < -0.39 is 21.9 Å². The van der Waals surface area contributed by atoms with E-state index in [1.807, 2.05) is 0 Å². The lowest BCUT2D eigenvalue weighted by atomic mass is 9.98. The fraction of sp³-hybridized carbons (Fsp3) is 0.364. The van der Waals surface area contributed by atoms with Gasteiger partial charge in [-0.05, 0) is 37.1 Å². The first-order valence-corrected chi connectivity index (χ1v) is 11.5. The molecular formula is C22H26N2O7S. The number of methoxy groups -OCH3 is 3. The summed E-state index contributed by atoms with van der Waals surface area (Å²) < 4.78 is 43.1. The molecule has 0 bridgehead atoms. The van der Waals surface area contributed by atoms with Crippen molar-refractivity contribution >= 4 is 27.6 Å². The first kappa shape index (κ1) is 23.6. The summed E-state index contributed by atoms with van der Waals surface area (Å²) in [5.41, 5.74) is 0.545. The van der Waals surface area contributed by atoms with Crippen molar-refractivity contribution in [3.05, 3.63) is 48.0 Å². The highest BCUT2D eigenvalue weighted by molar-refractivity contribution is 7.89. The first-order valence-electron chi connectivity index (χ1n) is 10.0. The van der Waals surface area contributed by atoms with Crippen LogP contribution >= 0.6 is 0 Å². The molecule has 172 valence electrons. The van der Waals surface area contributed by atoms with Gasteiger partial charge in [-0.15, -0.1) is 0 Å².